The Kier molecular flexibility index (Phi) is 15.4. The predicted molar refractivity (Wildman–Crippen MR) is 191 cm³/mol. The topological polar surface area (TPSA) is 291 Å². The molecule has 3 saturated heterocycles. The first kappa shape index (κ1) is 43.7. The van der Waals surface area contributed by atoms with Gasteiger partial charge in [0.15, 0.2) is 0 Å². The zero-order valence-corrected chi connectivity index (χ0v) is 33.4. The molecule has 3 fully saturated rings. The lowest BCUT2D eigenvalue weighted by atomic mass is 9.97. The van der Waals surface area contributed by atoms with Gasteiger partial charge in [-0.05, 0) is 45.3 Å². The van der Waals surface area contributed by atoms with Gasteiger partial charge in [-0.25, -0.2) is 18.5 Å². The minimum absolute atomic E-state index is 0.00417. The fraction of sp³-hybridized carbons (Fsp3) is 0.769. The third-order valence-corrected chi connectivity index (χ3v) is 16.5. The molecular weight excluding hydrogens is 813 g/mol. The molecule has 8 atom stereocenters. The molecular formula is C26H43N4O16P3S3. The molecule has 7 N–H and O–H groups in total. The minimum Gasteiger partial charge on any atom is -0.364 e. The fourth-order valence-electron chi connectivity index (χ4n) is 5.73. The molecule has 52 heavy (non-hydrogen) atoms. The SMILES string of the molecule is Cc1cn([C@H]2CC(OCSSC(C)(C)CNC(=O)CCCCC3SCC4CC(=O)NC43)[C@@H](COP(=O)(O)OP(=O)(O)OP(=O)(O)O)O2)c(=O)[nH]c1=O. The molecule has 0 aromatic carbocycles. The summed E-state index contributed by atoms with van der Waals surface area (Å²) in [5.74, 6) is 1.50. The third-order valence-electron chi connectivity index (χ3n) is 8.13. The number of ether oxygens (including phenoxy) is 2. The number of rotatable bonds is 20. The second-order valence-corrected chi connectivity index (χ2v) is 21.6. The standard InChI is InChI=1S/C26H43N4O16P3S3/c1-15-10-30(25(34)29-24(15)33)22-9-17(18(44-22)11-43-48(38,39)46-49(40,41)45-47(35,36)37)42-14-51-52-26(2,3)13-27-20(31)7-5-4-6-19-23-16(12-50-19)8-21(32)28-23/h10,16-19,22-23H,4-9,11-14H2,1-3H3,(H,27,31)(H,28,32)(H,38,39)(H,40,41)(H,29,33,34)(H2,35,36,37)/t16?,17?,18-,19?,22-,23?/m1/s1. The van der Waals surface area contributed by atoms with Crippen LogP contribution < -0.4 is 21.9 Å². The van der Waals surface area contributed by atoms with E-state index in [9.17, 15) is 42.7 Å². The number of fused-ring (bicyclic) bond motifs is 1. The summed E-state index contributed by atoms with van der Waals surface area (Å²) in [6.07, 6.45) is 1.70. The van der Waals surface area contributed by atoms with Gasteiger partial charge < -0.3 is 39.7 Å². The van der Waals surface area contributed by atoms with E-state index in [4.69, 9.17) is 23.8 Å². The predicted octanol–water partition coefficient (Wildman–Crippen LogP) is 2.28. The average Bonchev–Trinajstić information content (AvgIpc) is 3.70. The van der Waals surface area contributed by atoms with Crippen LogP contribution in [-0.2, 0) is 45.9 Å². The summed E-state index contributed by atoms with van der Waals surface area (Å²) in [4.78, 5) is 87.5. The number of hydrogen-bond donors (Lipinski definition) is 7. The van der Waals surface area contributed by atoms with Gasteiger partial charge in [0.2, 0.25) is 11.8 Å². The Morgan fingerprint density at radius 3 is 2.58 bits per heavy atom. The summed E-state index contributed by atoms with van der Waals surface area (Å²) >= 11 is 1.89. The maximum atomic E-state index is 12.5. The Bertz CT molecular complexity index is 1710. The zero-order valence-electron chi connectivity index (χ0n) is 28.3. The largest absolute Gasteiger partial charge is 0.490 e. The smallest absolute Gasteiger partial charge is 0.364 e. The van der Waals surface area contributed by atoms with E-state index < -0.39 is 64.5 Å². The Hall–Kier alpha value is -1.00. The number of nitrogens with zero attached hydrogens (tertiary/aromatic N) is 1. The number of carbonyl (C=O) groups excluding carboxylic acids is 2. The summed E-state index contributed by atoms with van der Waals surface area (Å²) in [5, 5.41) is 6.43. The van der Waals surface area contributed by atoms with Gasteiger partial charge in [0.05, 0.1) is 12.7 Å². The van der Waals surface area contributed by atoms with Gasteiger partial charge in [-0.3, -0.25) is 28.5 Å². The van der Waals surface area contributed by atoms with Gasteiger partial charge in [-0.1, -0.05) is 28.0 Å². The van der Waals surface area contributed by atoms with Crippen molar-refractivity contribution >= 4 is 68.6 Å². The number of aromatic nitrogens is 2. The number of phosphoric acid groups is 3. The number of aromatic amines is 1. The lowest BCUT2D eigenvalue weighted by Crippen LogP contribution is -2.36. The molecule has 4 rings (SSSR count). The van der Waals surface area contributed by atoms with Crippen molar-refractivity contribution in [1.29, 1.82) is 0 Å². The zero-order chi connectivity index (χ0) is 38.5. The average molecular weight is 857 g/mol. The molecule has 6 unspecified atom stereocenters. The van der Waals surface area contributed by atoms with Crippen molar-refractivity contribution in [3.8, 4) is 0 Å². The Morgan fingerprint density at radius 2 is 1.87 bits per heavy atom. The van der Waals surface area contributed by atoms with Crippen molar-refractivity contribution in [2.75, 3.05) is 24.8 Å². The monoisotopic (exact) mass is 856 g/mol. The van der Waals surface area contributed by atoms with Crippen LogP contribution in [-0.4, -0.2) is 94.0 Å². The van der Waals surface area contributed by atoms with Gasteiger partial charge in [0.25, 0.3) is 5.56 Å². The van der Waals surface area contributed by atoms with Crippen LogP contribution in [0.3, 0.4) is 0 Å². The van der Waals surface area contributed by atoms with Crippen molar-refractivity contribution in [2.45, 2.75) is 93.8 Å². The van der Waals surface area contributed by atoms with Crippen LogP contribution in [0.1, 0.15) is 64.2 Å². The number of carbonyl (C=O) groups is 2. The van der Waals surface area contributed by atoms with Crippen molar-refractivity contribution in [3.63, 3.8) is 0 Å². The normalized spacial score (nSPS) is 27.2. The highest BCUT2D eigenvalue weighted by molar-refractivity contribution is 8.77. The van der Waals surface area contributed by atoms with Crippen LogP contribution in [0.4, 0.5) is 0 Å². The van der Waals surface area contributed by atoms with Crippen LogP contribution >= 0.6 is 56.8 Å². The van der Waals surface area contributed by atoms with Crippen molar-refractivity contribution in [1.82, 2.24) is 20.2 Å². The minimum atomic E-state index is -5.75. The summed E-state index contributed by atoms with van der Waals surface area (Å²) in [5.41, 5.74) is -1.21. The summed E-state index contributed by atoms with van der Waals surface area (Å²) in [6, 6.07) is 0.241. The third kappa shape index (κ3) is 13.6. The van der Waals surface area contributed by atoms with E-state index in [1.54, 1.807) is 0 Å². The quantitative estimate of drug-likeness (QED) is 0.0428. The lowest BCUT2D eigenvalue weighted by molar-refractivity contribution is -0.121. The fourth-order valence-corrected chi connectivity index (χ4v) is 12.6. The molecule has 3 aliphatic rings. The first-order valence-corrected chi connectivity index (χ1v) is 23.9. The lowest BCUT2D eigenvalue weighted by Gasteiger charge is -2.24. The van der Waals surface area contributed by atoms with Gasteiger partial charge in [0, 0.05) is 53.6 Å². The van der Waals surface area contributed by atoms with E-state index in [1.165, 1.54) is 34.7 Å². The molecule has 0 bridgehead atoms. The van der Waals surface area contributed by atoms with Crippen LogP contribution in [0.25, 0.3) is 0 Å². The summed E-state index contributed by atoms with van der Waals surface area (Å²) < 4.78 is 59.6. The number of thioether (sulfide) groups is 1. The highest BCUT2D eigenvalue weighted by Gasteiger charge is 2.44. The molecule has 0 radical (unpaired) electrons. The molecule has 1 aromatic heterocycles. The van der Waals surface area contributed by atoms with Gasteiger partial charge in [-0.2, -0.15) is 20.4 Å². The van der Waals surface area contributed by atoms with E-state index in [-0.39, 0.29) is 35.8 Å². The van der Waals surface area contributed by atoms with Crippen molar-refractivity contribution in [2.24, 2.45) is 5.92 Å². The number of hydrogen-bond acceptors (Lipinski definition) is 15. The highest BCUT2D eigenvalue weighted by Crippen LogP contribution is 2.66. The molecule has 2 amide bonds. The molecule has 296 valence electrons. The first-order valence-electron chi connectivity index (χ1n) is 16.0. The van der Waals surface area contributed by atoms with Gasteiger partial charge in [-0.15, -0.1) is 0 Å². The number of nitrogens with one attached hydrogen (secondary N) is 3. The molecule has 26 heteroatoms. The van der Waals surface area contributed by atoms with Gasteiger partial charge >= 0.3 is 29.2 Å². The maximum absolute atomic E-state index is 12.5. The molecule has 0 saturated carbocycles. The number of H-pyrrole nitrogens is 1. The number of amides is 2. The second-order valence-electron chi connectivity index (χ2n) is 13.0. The first-order chi connectivity index (χ1) is 24.1. The molecule has 1 aromatic rings. The molecule has 20 nitrogen and oxygen atoms in total. The van der Waals surface area contributed by atoms with Crippen LogP contribution in [0, 0.1) is 12.8 Å². The Morgan fingerprint density at radius 1 is 1.13 bits per heavy atom. The van der Waals surface area contributed by atoms with Crippen molar-refractivity contribution < 1.29 is 65.5 Å². The van der Waals surface area contributed by atoms with Crippen molar-refractivity contribution in [3.05, 3.63) is 32.6 Å². The summed E-state index contributed by atoms with van der Waals surface area (Å²) in [6.45, 7) is 4.88. The van der Waals surface area contributed by atoms with E-state index >= 15 is 0 Å². The van der Waals surface area contributed by atoms with E-state index in [1.807, 2.05) is 25.6 Å². The number of phosphoric ester groups is 1. The Labute approximate surface area is 310 Å². The molecule has 0 aliphatic carbocycles. The maximum Gasteiger partial charge on any atom is 0.490 e. The molecule has 4 heterocycles. The Balaban J connectivity index is 1.24. The molecule has 3 aliphatic heterocycles. The van der Waals surface area contributed by atoms with E-state index in [2.05, 4.69) is 24.2 Å². The van der Waals surface area contributed by atoms with E-state index in [0.29, 0.717) is 30.6 Å². The highest BCUT2D eigenvalue weighted by atomic mass is 33.1. The molecule has 0 spiro atoms. The van der Waals surface area contributed by atoms with Crippen LogP contribution in [0.2, 0.25) is 0 Å². The number of aryl methyl sites for hydroxylation is 1. The number of unbranched alkanes of at least 4 members (excludes halogenated alkanes) is 1. The van der Waals surface area contributed by atoms with Crippen LogP contribution in [0.5, 0.6) is 0 Å². The van der Waals surface area contributed by atoms with E-state index in [0.717, 1.165) is 29.6 Å². The van der Waals surface area contributed by atoms with Crippen LogP contribution in [0.15, 0.2) is 15.8 Å². The van der Waals surface area contributed by atoms with Gasteiger partial charge in [0.1, 0.15) is 18.3 Å². The summed E-state index contributed by atoms with van der Waals surface area (Å²) in [7, 11) is -14.1. The second kappa shape index (κ2) is 18.3.